The van der Waals surface area contributed by atoms with Crippen LogP contribution in [0.1, 0.15) is 33.4 Å². The minimum Gasteiger partial charge on any atom is -0.361 e. The number of carbonyl (C=O) groups excluding carboxylic acids is 2. The zero-order chi connectivity index (χ0) is 17.1. The smallest absolute Gasteiger partial charge is 0.276 e. The van der Waals surface area contributed by atoms with Crippen LogP contribution in [0.2, 0.25) is 0 Å². The summed E-state index contributed by atoms with van der Waals surface area (Å²) in [7, 11) is 0. The first kappa shape index (κ1) is 16.6. The second-order valence-electron chi connectivity index (χ2n) is 5.88. The van der Waals surface area contributed by atoms with Crippen molar-refractivity contribution >= 4 is 23.2 Å². The highest BCUT2D eigenvalue weighted by Crippen LogP contribution is 2.13. The number of hydrogen-bond donors (Lipinski definition) is 0. The SMILES string of the molecule is Cc1cc(C(=O)N2CCCN(C(=O)Cc3csc(C)n3)CC2)no1. The summed E-state index contributed by atoms with van der Waals surface area (Å²) in [6, 6.07) is 1.64. The summed E-state index contributed by atoms with van der Waals surface area (Å²) in [6.45, 7) is 6.00. The van der Waals surface area contributed by atoms with Crippen molar-refractivity contribution in [1.29, 1.82) is 0 Å². The third-order valence-corrected chi connectivity index (χ3v) is 4.80. The Kier molecular flexibility index (Phi) is 4.94. The van der Waals surface area contributed by atoms with Gasteiger partial charge in [0.05, 0.1) is 17.1 Å². The van der Waals surface area contributed by atoms with E-state index in [4.69, 9.17) is 4.52 Å². The third-order valence-electron chi connectivity index (χ3n) is 3.98. The monoisotopic (exact) mass is 348 g/mol. The highest BCUT2D eigenvalue weighted by molar-refractivity contribution is 7.09. The van der Waals surface area contributed by atoms with Crippen molar-refractivity contribution in [3.8, 4) is 0 Å². The lowest BCUT2D eigenvalue weighted by Crippen LogP contribution is -2.38. The van der Waals surface area contributed by atoms with Gasteiger partial charge in [-0.15, -0.1) is 11.3 Å². The molecule has 0 atom stereocenters. The molecule has 1 aliphatic heterocycles. The molecule has 2 amide bonds. The van der Waals surface area contributed by atoms with Crippen LogP contribution in [0.4, 0.5) is 0 Å². The maximum Gasteiger partial charge on any atom is 0.276 e. The van der Waals surface area contributed by atoms with Gasteiger partial charge in [0.15, 0.2) is 5.69 Å². The maximum absolute atomic E-state index is 12.4. The predicted octanol–water partition coefficient (Wildman–Crippen LogP) is 1.67. The van der Waals surface area contributed by atoms with E-state index in [2.05, 4.69) is 10.1 Å². The fourth-order valence-corrected chi connectivity index (χ4v) is 3.37. The second-order valence-corrected chi connectivity index (χ2v) is 6.95. The number of amides is 2. The normalized spacial score (nSPS) is 15.4. The summed E-state index contributed by atoms with van der Waals surface area (Å²) in [5.41, 5.74) is 1.14. The molecule has 1 aliphatic rings. The van der Waals surface area contributed by atoms with Crippen LogP contribution in [0.15, 0.2) is 16.0 Å². The highest BCUT2D eigenvalue weighted by Gasteiger charge is 2.24. The molecule has 1 fully saturated rings. The van der Waals surface area contributed by atoms with E-state index in [1.165, 1.54) is 0 Å². The van der Waals surface area contributed by atoms with E-state index >= 15 is 0 Å². The average molecular weight is 348 g/mol. The molecule has 2 aromatic heterocycles. The first-order valence-electron chi connectivity index (χ1n) is 7.94. The molecule has 0 aliphatic carbocycles. The van der Waals surface area contributed by atoms with E-state index in [9.17, 15) is 9.59 Å². The van der Waals surface area contributed by atoms with Crippen molar-refractivity contribution in [2.75, 3.05) is 26.2 Å². The lowest BCUT2D eigenvalue weighted by Gasteiger charge is -2.21. The van der Waals surface area contributed by atoms with Gasteiger partial charge in [0.1, 0.15) is 5.76 Å². The van der Waals surface area contributed by atoms with Gasteiger partial charge in [-0.2, -0.15) is 0 Å². The first-order chi connectivity index (χ1) is 11.5. The molecular weight excluding hydrogens is 328 g/mol. The first-order valence-corrected chi connectivity index (χ1v) is 8.82. The predicted molar refractivity (Wildman–Crippen MR) is 88.9 cm³/mol. The molecule has 1 saturated heterocycles. The Bertz CT molecular complexity index is 739. The van der Waals surface area contributed by atoms with Gasteiger partial charge in [0.2, 0.25) is 5.91 Å². The van der Waals surface area contributed by atoms with Gasteiger partial charge in [-0.05, 0) is 20.3 Å². The number of thiazole rings is 1. The summed E-state index contributed by atoms with van der Waals surface area (Å²) >= 11 is 1.55. The van der Waals surface area contributed by atoms with Gasteiger partial charge >= 0.3 is 0 Å². The molecular formula is C16H20N4O3S. The molecule has 0 aromatic carbocycles. The lowest BCUT2D eigenvalue weighted by molar-refractivity contribution is -0.130. The molecule has 3 rings (SSSR count). The number of aromatic nitrogens is 2. The Balaban J connectivity index is 1.58. The van der Waals surface area contributed by atoms with Gasteiger partial charge in [0.25, 0.3) is 5.91 Å². The van der Waals surface area contributed by atoms with E-state index in [1.807, 2.05) is 17.2 Å². The lowest BCUT2D eigenvalue weighted by atomic mass is 10.3. The minimum atomic E-state index is -0.142. The van der Waals surface area contributed by atoms with Gasteiger partial charge in [0, 0.05) is 37.6 Å². The number of aryl methyl sites for hydroxylation is 2. The molecule has 128 valence electrons. The van der Waals surface area contributed by atoms with Gasteiger partial charge in [-0.3, -0.25) is 9.59 Å². The Morgan fingerprint density at radius 1 is 1.21 bits per heavy atom. The number of carbonyl (C=O) groups is 2. The molecule has 8 heteroatoms. The fourth-order valence-electron chi connectivity index (χ4n) is 2.76. The molecule has 0 radical (unpaired) electrons. The summed E-state index contributed by atoms with van der Waals surface area (Å²) in [5.74, 6) is 0.534. The van der Waals surface area contributed by atoms with Crippen LogP contribution in [0.3, 0.4) is 0 Å². The van der Waals surface area contributed by atoms with E-state index in [0.29, 0.717) is 44.1 Å². The zero-order valence-electron chi connectivity index (χ0n) is 13.8. The Morgan fingerprint density at radius 3 is 2.62 bits per heavy atom. The summed E-state index contributed by atoms with van der Waals surface area (Å²) in [4.78, 5) is 32.8. The Morgan fingerprint density at radius 2 is 1.96 bits per heavy atom. The van der Waals surface area contributed by atoms with E-state index < -0.39 is 0 Å². The fraction of sp³-hybridized carbons (Fsp3) is 0.500. The van der Waals surface area contributed by atoms with Crippen LogP contribution in [-0.2, 0) is 11.2 Å². The van der Waals surface area contributed by atoms with E-state index in [-0.39, 0.29) is 11.8 Å². The Hall–Kier alpha value is -2.22. The number of nitrogens with zero attached hydrogens (tertiary/aromatic N) is 4. The van der Waals surface area contributed by atoms with Crippen LogP contribution in [-0.4, -0.2) is 57.9 Å². The molecule has 7 nitrogen and oxygen atoms in total. The zero-order valence-corrected chi connectivity index (χ0v) is 14.6. The molecule has 0 unspecified atom stereocenters. The quantitative estimate of drug-likeness (QED) is 0.843. The topological polar surface area (TPSA) is 79.5 Å². The van der Waals surface area contributed by atoms with Gasteiger partial charge in [-0.25, -0.2) is 4.98 Å². The van der Waals surface area contributed by atoms with E-state index in [1.54, 1.807) is 29.2 Å². The maximum atomic E-state index is 12.4. The molecule has 2 aromatic rings. The molecule has 0 bridgehead atoms. The van der Waals surface area contributed by atoms with Crippen LogP contribution in [0.5, 0.6) is 0 Å². The molecule has 0 N–H and O–H groups in total. The van der Waals surface area contributed by atoms with Crippen LogP contribution >= 0.6 is 11.3 Å². The van der Waals surface area contributed by atoms with Crippen molar-refractivity contribution in [2.45, 2.75) is 26.7 Å². The van der Waals surface area contributed by atoms with Crippen LogP contribution in [0, 0.1) is 13.8 Å². The minimum absolute atomic E-state index is 0.0619. The molecule has 3 heterocycles. The standard InChI is InChI=1S/C16H20N4O3S/c1-11-8-14(18-23-11)16(22)20-5-3-4-19(6-7-20)15(21)9-13-10-24-12(2)17-13/h8,10H,3-7,9H2,1-2H3. The average Bonchev–Trinajstić information content (AvgIpc) is 3.07. The summed E-state index contributed by atoms with van der Waals surface area (Å²) in [5, 5.41) is 6.67. The summed E-state index contributed by atoms with van der Waals surface area (Å²) in [6.07, 6.45) is 1.07. The molecule has 0 saturated carbocycles. The number of hydrogen-bond acceptors (Lipinski definition) is 6. The largest absolute Gasteiger partial charge is 0.361 e. The van der Waals surface area contributed by atoms with Crippen LogP contribution in [0.25, 0.3) is 0 Å². The summed E-state index contributed by atoms with van der Waals surface area (Å²) < 4.78 is 4.97. The van der Waals surface area contributed by atoms with Crippen LogP contribution < -0.4 is 0 Å². The number of rotatable bonds is 3. The van der Waals surface area contributed by atoms with Crippen molar-refractivity contribution in [3.63, 3.8) is 0 Å². The van der Waals surface area contributed by atoms with E-state index in [0.717, 1.165) is 17.1 Å². The van der Waals surface area contributed by atoms with Crippen molar-refractivity contribution in [2.24, 2.45) is 0 Å². The Labute approximate surface area is 144 Å². The van der Waals surface area contributed by atoms with Crippen molar-refractivity contribution in [3.05, 3.63) is 33.6 Å². The molecule has 24 heavy (non-hydrogen) atoms. The van der Waals surface area contributed by atoms with Crippen molar-refractivity contribution < 1.29 is 14.1 Å². The third kappa shape index (κ3) is 3.81. The van der Waals surface area contributed by atoms with Crippen molar-refractivity contribution in [1.82, 2.24) is 19.9 Å². The molecule has 0 spiro atoms. The van der Waals surface area contributed by atoms with Gasteiger partial charge < -0.3 is 14.3 Å². The van der Waals surface area contributed by atoms with Gasteiger partial charge in [-0.1, -0.05) is 5.16 Å². The second kappa shape index (κ2) is 7.12. The highest BCUT2D eigenvalue weighted by atomic mass is 32.1.